The molecule has 10 heteroatoms. The zero-order valence-electron chi connectivity index (χ0n) is 15.5. The van der Waals surface area contributed by atoms with Gasteiger partial charge in [0.2, 0.25) is 0 Å². The zero-order valence-corrected chi connectivity index (χ0v) is 16.3. The van der Waals surface area contributed by atoms with E-state index >= 15 is 0 Å². The van der Waals surface area contributed by atoms with Gasteiger partial charge in [-0.3, -0.25) is 9.69 Å². The van der Waals surface area contributed by atoms with Crippen molar-refractivity contribution >= 4 is 40.7 Å². The number of phenolic OH excluding ortho intramolecular Hbond substituents is 1. The first-order valence-corrected chi connectivity index (χ1v) is 9.08. The van der Waals surface area contributed by atoms with Crippen LogP contribution in [0.25, 0.3) is 0 Å². The van der Waals surface area contributed by atoms with Crippen LogP contribution in [-0.4, -0.2) is 39.5 Å². The van der Waals surface area contributed by atoms with Gasteiger partial charge in [-0.05, 0) is 36.4 Å². The van der Waals surface area contributed by atoms with Gasteiger partial charge in [0.25, 0.3) is 5.91 Å². The number of urea groups is 1. The number of rotatable bonds is 4. The van der Waals surface area contributed by atoms with Crippen molar-refractivity contribution in [2.75, 3.05) is 17.2 Å². The second kappa shape index (κ2) is 9.01. The van der Waals surface area contributed by atoms with Crippen LogP contribution in [0.4, 0.5) is 16.2 Å². The van der Waals surface area contributed by atoms with E-state index in [1.807, 2.05) is 0 Å². The minimum absolute atomic E-state index is 0.0767. The number of carbonyl (C=O) groups is 2. The zero-order chi connectivity index (χ0) is 21.7. The lowest BCUT2D eigenvalue weighted by molar-refractivity contribution is 0.102. The van der Waals surface area contributed by atoms with Crippen molar-refractivity contribution in [3.63, 3.8) is 0 Å². The standard InChI is InChI=1S/C20H18ClN5O4/c21-14-2-1-9-26(11-14)20(29)24-17-10-15(27)7-8-16(17)23-19(28)13-5-3-12(4-6-13)18(22)25-30/h1-10,27,30H,11H2,(H2,22,25)(H,23,28)(H,24,29). The number of carbonyl (C=O) groups excluding carboxylic acids is 2. The number of phenols is 1. The highest BCUT2D eigenvalue weighted by Gasteiger charge is 2.17. The molecule has 154 valence electrons. The summed E-state index contributed by atoms with van der Waals surface area (Å²) in [7, 11) is 0. The van der Waals surface area contributed by atoms with Gasteiger partial charge in [-0.25, -0.2) is 4.79 Å². The van der Waals surface area contributed by atoms with E-state index in [4.69, 9.17) is 22.5 Å². The van der Waals surface area contributed by atoms with Crippen LogP contribution in [0.2, 0.25) is 0 Å². The maximum atomic E-state index is 12.6. The summed E-state index contributed by atoms with van der Waals surface area (Å²) >= 11 is 5.95. The molecule has 9 nitrogen and oxygen atoms in total. The predicted molar refractivity (Wildman–Crippen MR) is 114 cm³/mol. The maximum absolute atomic E-state index is 12.6. The van der Waals surface area contributed by atoms with Gasteiger partial charge in [-0.2, -0.15) is 0 Å². The third-order valence-electron chi connectivity index (χ3n) is 4.17. The first-order chi connectivity index (χ1) is 14.4. The fourth-order valence-electron chi connectivity index (χ4n) is 2.64. The first kappa shape index (κ1) is 20.7. The molecule has 0 bridgehead atoms. The average Bonchev–Trinajstić information content (AvgIpc) is 2.75. The molecule has 0 fully saturated rings. The minimum atomic E-state index is -0.485. The summed E-state index contributed by atoms with van der Waals surface area (Å²) in [5, 5.41) is 27.2. The number of amides is 3. The molecule has 1 aliphatic heterocycles. The van der Waals surface area contributed by atoms with Gasteiger partial charge in [0.15, 0.2) is 5.84 Å². The summed E-state index contributed by atoms with van der Waals surface area (Å²) in [6.45, 7) is 0.205. The van der Waals surface area contributed by atoms with E-state index in [0.717, 1.165) is 0 Å². The number of nitrogens with one attached hydrogen (secondary N) is 2. The van der Waals surface area contributed by atoms with Crippen molar-refractivity contribution in [2.24, 2.45) is 10.9 Å². The topological polar surface area (TPSA) is 140 Å². The summed E-state index contributed by atoms with van der Waals surface area (Å²) in [6.07, 6.45) is 4.87. The van der Waals surface area contributed by atoms with Gasteiger partial charge in [0.05, 0.1) is 17.9 Å². The van der Waals surface area contributed by atoms with Crippen LogP contribution in [0.5, 0.6) is 5.75 Å². The van der Waals surface area contributed by atoms with Gasteiger partial charge in [-0.1, -0.05) is 28.9 Å². The molecule has 0 saturated carbocycles. The highest BCUT2D eigenvalue weighted by Crippen LogP contribution is 2.28. The highest BCUT2D eigenvalue weighted by atomic mass is 35.5. The molecule has 0 unspecified atom stereocenters. The van der Waals surface area contributed by atoms with Gasteiger partial charge in [-0.15, -0.1) is 0 Å². The maximum Gasteiger partial charge on any atom is 0.326 e. The van der Waals surface area contributed by atoms with E-state index in [-0.39, 0.29) is 29.5 Å². The molecule has 0 aliphatic carbocycles. The van der Waals surface area contributed by atoms with Crippen molar-refractivity contribution < 1.29 is 19.9 Å². The van der Waals surface area contributed by atoms with Crippen molar-refractivity contribution in [2.45, 2.75) is 0 Å². The number of benzene rings is 2. The highest BCUT2D eigenvalue weighted by molar-refractivity contribution is 6.30. The van der Waals surface area contributed by atoms with Gasteiger partial charge < -0.3 is 26.7 Å². The van der Waals surface area contributed by atoms with Crippen molar-refractivity contribution in [3.8, 4) is 5.75 Å². The molecule has 0 aromatic heterocycles. The largest absolute Gasteiger partial charge is 0.508 e. The number of nitrogens with zero attached hydrogens (tertiary/aromatic N) is 2. The fraction of sp³-hybridized carbons (Fsp3) is 0.0500. The number of hydrogen-bond donors (Lipinski definition) is 5. The lowest BCUT2D eigenvalue weighted by Crippen LogP contribution is -2.32. The molecule has 2 aromatic carbocycles. The molecule has 0 saturated heterocycles. The number of aromatic hydroxyl groups is 1. The molecule has 6 N–H and O–H groups in total. The molecule has 1 heterocycles. The molecule has 30 heavy (non-hydrogen) atoms. The lowest BCUT2D eigenvalue weighted by Gasteiger charge is -2.22. The fourth-order valence-corrected chi connectivity index (χ4v) is 2.84. The summed E-state index contributed by atoms with van der Waals surface area (Å²) in [5.41, 5.74) is 6.77. The molecule has 2 aromatic rings. The molecule has 0 spiro atoms. The average molecular weight is 428 g/mol. The summed E-state index contributed by atoms with van der Waals surface area (Å²) in [6, 6.07) is 9.76. The molecule has 3 amide bonds. The molecule has 0 atom stereocenters. The normalized spacial score (nSPS) is 13.6. The Labute approximate surface area is 176 Å². The van der Waals surface area contributed by atoms with Crippen LogP contribution in [0, 0.1) is 0 Å². The van der Waals surface area contributed by atoms with Gasteiger partial charge in [0, 0.05) is 28.4 Å². The number of amidine groups is 1. The molecule has 0 radical (unpaired) electrons. The molecular weight excluding hydrogens is 410 g/mol. The smallest absolute Gasteiger partial charge is 0.326 e. The number of anilines is 2. The van der Waals surface area contributed by atoms with E-state index in [9.17, 15) is 14.7 Å². The SMILES string of the molecule is NC(=NO)c1ccc(C(=O)Nc2ccc(O)cc2NC(=O)N2C=CC=C(Cl)C2)cc1. The third kappa shape index (κ3) is 4.89. The van der Waals surface area contributed by atoms with Crippen molar-refractivity contribution in [1.29, 1.82) is 0 Å². The van der Waals surface area contributed by atoms with E-state index < -0.39 is 11.9 Å². The Bertz CT molecular complexity index is 1060. The monoisotopic (exact) mass is 427 g/mol. The second-order valence-electron chi connectivity index (χ2n) is 6.26. The van der Waals surface area contributed by atoms with Crippen LogP contribution in [0.15, 0.2) is 71.0 Å². The predicted octanol–water partition coefficient (Wildman–Crippen LogP) is 3.22. The number of hydrogen-bond acceptors (Lipinski definition) is 5. The molecule has 1 aliphatic rings. The van der Waals surface area contributed by atoms with Crippen LogP contribution < -0.4 is 16.4 Å². The van der Waals surface area contributed by atoms with Crippen molar-refractivity contribution in [3.05, 3.63) is 77.0 Å². The van der Waals surface area contributed by atoms with E-state index in [1.54, 1.807) is 18.4 Å². The Balaban J connectivity index is 1.76. The summed E-state index contributed by atoms with van der Waals surface area (Å²) < 4.78 is 0. The Morgan fingerprint density at radius 3 is 2.43 bits per heavy atom. The number of nitrogens with two attached hydrogens (primary N) is 1. The quantitative estimate of drug-likeness (QED) is 0.167. The van der Waals surface area contributed by atoms with Gasteiger partial charge >= 0.3 is 6.03 Å². The molecule has 3 rings (SSSR count). The second-order valence-corrected chi connectivity index (χ2v) is 6.75. The summed E-state index contributed by atoms with van der Waals surface area (Å²) in [5.74, 6) is -0.614. The Kier molecular flexibility index (Phi) is 6.23. The Morgan fingerprint density at radius 2 is 1.77 bits per heavy atom. The van der Waals surface area contributed by atoms with Crippen LogP contribution in [0.3, 0.4) is 0 Å². The van der Waals surface area contributed by atoms with Crippen molar-refractivity contribution in [1.82, 2.24) is 4.90 Å². The van der Waals surface area contributed by atoms with E-state index in [2.05, 4.69) is 15.8 Å². The van der Waals surface area contributed by atoms with Gasteiger partial charge in [0.1, 0.15) is 5.75 Å². The van der Waals surface area contributed by atoms with Crippen LogP contribution >= 0.6 is 11.6 Å². The van der Waals surface area contributed by atoms with Crippen LogP contribution in [0.1, 0.15) is 15.9 Å². The lowest BCUT2D eigenvalue weighted by atomic mass is 10.1. The number of halogens is 1. The first-order valence-electron chi connectivity index (χ1n) is 8.70. The summed E-state index contributed by atoms with van der Waals surface area (Å²) in [4.78, 5) is 26.4. The number of allylic oxidation sites excluding steroid dienone is 2. The third-order valence-corrected chi connectivity index (χ3v) is 4.41. The van der Waals surface area contributed by atoms with E-state index in [0.29, 0.717) is 16.2 Å². The Hall–Kier alpha value is -3.98. The Morgan fingerprint density at radius 1 is 1.07 bits per heavy atom. The van der Waals surface area contributed by atoms with Crippen LogP contribution in [-0.2, 0) is 0 Å². The molecular formula is C20H18ClN5O4. The number of oxime groups is 1. The van der Waals surface area contributed by atoms with E-state index in [1.165, 1.54) is 47.4 Å². The minimum Gasteiger partial charge on any atom is -0.508 e.